The lowest BCUT2D eigenvalue weighted by atomic mass is 10.1. The van der Waals surface area contributed by atoms with Gasteiger partial charge in [0.25, 0.3) is 0 Å². The number of ether oxygens (including phenoxy) is 2. The average Bonchev–Trinajstić information content (AvgIpc) is 3.18. The van der Waals surface area contributed by atoms with Crippen LogP contribution in [0.15, 0.2) is 28.8 Å². The first-order valence-electron chi connectivity index (χ1n) is 7.23. The fourth-order valence-electron chi connectivity index (χ4n) is 2.68. The molecule has 1 aliphatic rings. The summed E-state index contributed by atoms with van der Waals surface area (Å²) in [5.41, 5.74) is 1.09. The predicted molar refractivity (Wildman–Crippen MR) is 78.3 cm³/mol. The summed E-state index contributed by atoms with van der Waals surface area (Å²) in [4.78, 5) is 10.9. The molecule has 1 aromatic carbocycles. The highest BCUT2D eigenvalue weighted by atomic mass is 16.5. The normalized spacial score (nSPS) is 15.0. The Balaban J connectivity index is 1.99. The van der Waals surface area contributed by atoms with Crippen LogP contribution in [0.25, 0.3) is 11.3 Å². The maximum atomic E-state index is 10.9. The molecule has 0 radical (unpaired) electrons. The van der Waals surface area contributed by atoms with E-state index in [9.17, 15) is 4.79 Å². The number of para-hydroxylation sites is 1. The maximum absolute atomic E-state index is 10.9. The van der Waals surface area contributed by atoms with Gasteiger partial charge in [0, 0.05) is 11.6 Å². The zero-order chi connectivity index (χ0) is 15.5. The Hall–Kier alpha value is -2.50. The van der Waals surface area contributed by atoms with Crippen molar-refractivity contribution in [3.05, 3.63) is 30.0 Å². The molecule has 1 aliphatic carbocycles. The lowest BCUT2D eigenvalue weighted by Crippen LogP contribution is -2.12. The van der Waals surface area contributed by atoms with Gasteiger partial charge in [0.1, 0.15) is 5.69 Å². The predicted octanol–water partition coefficient (Wildman–Crippen LogP) is 3.37. The molecule has 1 heterocycles. The third-order valence-electron chi connectivity index (χ3n) is 3.78. The topological polar surface area (TPSA) is 81.8 Å². The van der Waals surface area contributed by atoms with Gasteiger partial charge < -0.3 is 19.1 Å². The molecule has 1 N–H and O–H groups in total. The van der Waals surface area contributed by atoms with Crippen LogP contribution in [-0.2, 0) is 0 Å². The van der Waals surface area contributed by atoms with Crippen molar-refractivity contribution in [2.45, 2.75) is 31.8 Å². The van der Waals surface area contributed by atoms with Crippen LogP contribution in [0.1, 0.15) is 36.2 Å². The SMILES string of the molecule is COc1cccc(-c2cc(C(=O)O)on2)c1OC1CCCC1. The van der Waals surface area contributed by atoms with Crippen molar-refractivity contribution in [1.29, 1.82) is 0 Å². The number of methoxy groups -OCH3 is 1. The second kappa shape index (κ2) is 6.09. The largest absolute Gasteiger partial charge is 0.493 e. The van der Waals surface area contributed by atoms with Gasteiger partial charge in [-0.15, -0.1) is 0 Å². The van der Waals surface area contributed by atoms with Gasteiger partial charge >= 0.3 is 5.97 Å². The van der Waals surface area contributed by atoms with Crippen molar-refractivity contribution in [2.24, 2.45) is 0 Å². The van der Waals surface area contributed by atoms with Gasteiger partial charge in [-0.3, -0.25) is 0 Å². The summed E-state index contributed by atoms with van der Waals surface area (Å²) in [6.07, 6.45) is 4.48. The van der Waals surface area contributed by atoms with E-state index in [4.69, 9.17) is 19.1 Å². The van der Waals surface area contributed by atoms with Crippen molar-refractivity contribution in [3.8, 4) is 22.8 Å². The standard InChI is InChI=1S/C16H17NO5/c1-20-13-8-4-7-11(12-9-14(16(18)19)22-17-12)15(13)21-10-5-2-3-6-10/h4,7-10H,2-3,5-6H2,1H3,(H,18,19). The third-order valence-corrected chi connectivity index (χ3v) is 3.78. The Bertz CT molecular complexity index is 673. The number of hydrogen-bond acceptors (Lipinski definition) is 5. The van der Waals surface area contributed by atoms with Crippen LogP contribution in [0, 0.1) is 0 Å². The smallest absolute Gasteiger partial charge is 0.374 e. The maximum Gasteiger partial charge on any atom is 0.374 e. The Labute approximate surface area is 127 Å². The number of benzene rings is 1. The number of aromatic carboxylic acids is 1. The zero-order valence-corrected chi connectivity index (χ0v) is 12.2. The van der Waals surface area contributed by atoms with Gasteiger partial charge in [-0.25, -0.2) is 4.79 Å². The van der Waals surface area contributed by atoms with E-state index in [0.29, 0.717) is 22.8 Å². The molecule has 116 valence electrons. The minimum atomic E-state index is -1.15. The number of aromatic nitrogens is 1. The second-order valence-electron chi connectivity index (χ2n) is 5.24. The molecule has 6 heteroatoms. The monoisotopic (exact) mass is 303 g/mol. The van der Waals surface area contributed by atoms with Gasteiger partial charge in [-0.2, -0.15) is 0 Å². The Morgan fingerprint density at radius 3 is 2.77 bits per heavy atom. The summed E-state index contributed by atoms with van der Waals surface area (Å²) in [7, 11) is 1.58. The Morgan fingerprint density at radius 1 is 1.36 bits per heavy atom. The van der Waals surface area contributed by atoms with Crippen LogP contribution in [0.2, 0.25) is 0 Å². The van der Waals surface area contributed by atoms with Crippen LogP contribution in [0.4, 0.5) is 0 Å². The van der Waals surface area contributed by atoms with Gasteiger partial charge in [-0.05, 0) is 37.8 Å². The minimum Gasteiger partial charge on any atom is -0.493 e. The van der Waals surface area contributed by atoms with Crippen LogP contribution in [-0.4, -0.2) is 29.4 Å². The fourth-order valence-corrected chi connectivity index (χ4v) is 2.68. The summed E-state index contributed by atoms with van der Waals surface area (Å²) in [5.74, 6) is -0.170. The zero-order valence-electron chi connectivity index (χ0n) is 12.2. The average molecular weight is 303 g/mol. The molecule has 2 aromatic rings. The Kier molecular flexibility index (Phi) is 4.00. The highest BCUT2D eigenvalue weighted by Crippen LogP contribution is 2.40. The van der Waals surface area contributed by atoms with Gasteiger partial charge in [0.05, 0.1) is 13.2 Å². The molecule has 0 spiro atoms. The fraction of sp³-hybridized carbons (Fsp3) is 0.375. The van der Waals surface area contributed by atoms with E-state index in [-0.39, 0.29) is 11.9 Å². The summed E-state index contributed by atoms with van der Waals surface area (Å²) in [6, 6.07) is 6.83. The molecular formula is C16H17NO5. The van der Waals surface area contributed by atoms with Gasteiger partial charge in [0.15, 0.2) is 11.5 Å². The molecule has 0 aliphatic heterocycles. The molecule has 1 saturated carbocycles. The molecule has 0 unspecified atom stereocenters. The molecule has 6 nitrogen and oxygen atoms in total. The van der Waals surface area contributed by atoms with E-state index in [1.807, 2.05) is 18.2 Å². The first-order chi connectivity index (χ1) is 10.7. The summed E-state index contributed by atoms with van der Waals surface area (Å²) >= 11 is 0. The van der Waals surface area contributed by atoms with Crippen molar-refractivity contribution < 1.29 is 23.9 Å². The van der Waals surface area contributed by atoms with E-state index < -0.39 is 5.97 Å². The second-order valence-corrected chi connectivity index (χ2v) is 5.24. The molecule has 1 fully saturated rings. The highest BCUT2D eigenvalue weighted by Gasteiger charge is 2.23. The molecular weight excluding hydrogens is 286 g/mol. The minimum absolute atomic E-state index is 0.154. The van der Waals surface area contributed by atoms with E-state index >= 15 is 0 Å². The van der Waals surface area contributed by atoms with E-state index in [0.717, 1.165) is 25.7 Å². The van der Waals surface area contributed by atoms with Crippen molar-refractivity contribution >= 4 is 5.97 Å². The molecule has 22 heavy (non-hydrogen) atoms. The first-order valence-corrected chi connectivity index (χ1v) is 7.23. The number of hydrogen-bond donors (Lipinski definition) is 1. The Morgan fingerprint density at radius 2 is 2.14 bits per heavy atom. The number of rotatable bonds is 5. The third kappa shape index (κ3) is 2.77. The van der Waals surface area contributed by atoms with Crippen molar-refractivity contribution in [3.63, 3.8) is 0 Å². The van der Waals surface area contributed by atoms with Crippen molar-refractivity contribution in [2.75, 3.05) is 7.11 Å². The summed E-state index contributed by atoms with van der Waals surface area (Å²) in [5, 5.41) is 12.8. The molecule has 1 aromatic heterocycles. The number of carboxylic acids is 1. The number of nitrogens with zero attached hydrogens (tertiary/aromatic N) is 1. The molecule has 0 saturated heterocycles. The first kappa shape index (κ1) is 14.4. The lowest BCUT2D eigenvalue weighted by molar-refractivity contribution is 0.0652. The quantitative estimate of drug-likeness (QED) is 0.912. The van der Waals surface area contributed by atoms with Crippen LogP contribution in [0.5, 0.6) is 11.5 Å². The van der Waals surface area contributed by atoms with Crippen LogP contribution < -0.4 is 9.47 Å². The van der Waals surface area contributed by atoms with Gasteiger partial charge in [-0.1, -0.05) is 11.2 Å². The van der Waals surface area contributed by atoms with E-state index in [1.54, 1.807) is 7.11 Å². The van der Waals surface area contributed by atoms with Crippen molar-refractivity contribution in [1.82, 2.24) is 5.16 Å². The molecule has 0 atom stereocenters. The van der Waals surface area contributed by atoms with Gasteiger partial charge in [0.2, 0.25) is 5.76 Å². The summed E-state index contributed by atoms with van der Waals surface area (Å²) in [6.45, 7) is 0. The molecule has 0 amide bonds. The van der Waals surface area contributed by atoms with E-state index in [2.05, 4.69) is 5.16 Å². The van der Waals surface area contributed by atoms with E-state index in [1.165, 1.54) is 6.07 Å². The van der Waals surface area contributed by atoms with Crippen LogP contribution >= 0.6 is 0 Å². The van der Waals surface area contributed by atoms with Crippen LogP contribution in [0.3, 0.4) is 0 Å². The summed E-state index contributed by atoms with van der Waals surface area (Å²) < 4.78 is 16.3. The lowest BCUT2D eigenvalue weighted by Gasteiger charge is -2.18. The number of carbonyl (C=O) groups is 1. The number of carboxylic acid groups (broad SMARTS) is 1. The molecule has 3 rings (SSSR count). The molecule has 0 bridgehead atoms. The highest BCUT2D eigenvalue weighted by molar-refractivity contribution is 5.86.